The maximum atomic E-state index is 14.0. The third-order valence-electron chi connectivity index (χ3n) is 6.54. The molecule has 0 aliphatic heterocycles. The lowest BCUT2D eigenvalue weighted by molar-refractivity contribution is -0.108. The second-order valence-corrected chi connectivity index (χ2v) is 9.23. The summed E-state index contributed by atoms with van der Waals surface area (Å²) in [5, 5.41) is 6.51. The number of nitrogens with zero attached hydrogens (tertiary/aromatic N) is 6. The normalized spacial score (nSPS) is 11.2. The van der Waals surface area contributed by atoms with Crippen molar-refractivity contribution >= 4 is 12.2 Å². The van der Waals surface area contributed by atoms with Crippen molar-refractivity contribution < 1.29 is 19.1 Å². The number of pyridine rings is 1. The molecule has 0 saturated carbocycles. The highest BCUT2D eigenvalue weighted by atomic mass is 16.6. The summed E-state index contributed by atoms with van der Waals surface area (Å²) in [6.45, 7) is 3.84. The maximum absolute atomic E-state index is 14.0. The van der Waals surface area contributed by atoms with Crippen LogP contribution in [0.2, 0.25) is 0 Å². The molecule has 42 heavy (non-hydrogen) atoms. The summed E-state index contributed by atoms with van der Waals surface area (Å²) in [6, 6.07) is 12.8. The zero-order valence-corrected chi connectivity index (χ0v) is 24.2. The highest BCUT2D eigenvalue weighted by molar-refractivity contribution is 6.08. The van der Waals surface area contributed by atoms with E-state index in [-0.39, 0.29) is 35.5 Å². The first kappa shape index (κ1) is 29.8. The van der Waals surface area contributed by atoms with Crippen LogP contribution in [0.5, 0.6) is 11.8 Å². The van der Waals surface area contributed by atoms with E-state index < -0.39 is 0 Å². The van der Waals surface area contributed by atoms with E-state index in [1.807, 2.05) is 36.4 Å². The molecule has 12 nitrogen and oxygen atoms in total. The average molecular weight is 572 g/mol. The highest BCUT2D eigenvalue weighted by Gasteiger charge is 2.20. The second kappa shape index (κ2) is 14.0. The molecule has 0 saturated heterocycles. The summed E-state index contributed by atoms with van der Waals surface area (Å²) in [7, 11) is 4.37. The predicted octanol–water partition coefficient (Wildman–Crippen LogP) is 3.40. The number of aromatic nitrogens is 5. The molecule has 0 spiro atoms. The van der Waals surface area contributed by atoms with Gasteiger partial charge in [0.25, 0.3) is 5.56 Å². The first-order chi connectivity index (χ1) is 20.4. The second-order valence-electron chi connectivity index (χ2n) is 9.23. The summed E-state index contributed by atoms with van der Waals surface area (Å²) >= 11 is 0. The number of aryl methyl sites for hydroxylation is 2. The summed E-state index contributed by atoms with van der Waals surface area (Å²) in [6.07, 6.45) is 5.02. The number of nitrogens with one attached hydrogen (secondary N) is 1. The van der Waals surface area contributed by atoms with E-state index in [1.165, 1.54) is 32.0 Å². The van der Waals surface area contributed by atoms with Gasteiger partial charge in [-0.25, -0.2) is 9.55 Å². The van der Waals surface area contributed by atoms with E-state index in [2.05, 4.69) is 32.3 Å². The molecule has 1 N–H and O–H groups in total. The van der Waals surface area contributed by atoms with Gasteiger partial charge in [0.2, 0.25) is 24.1 Å². The van der Waals surface area contributed by atoms with Gasteiger partial charge in [-0.15, -0.1) is 0 Å². The number of benzene rings is 1. The molecule has 0 atom stereocenters. The number of carbonyl (C=O) groups excluding carboxylic acids is 1. The number of hydrogen-bond acceptors (Lipinski definition) is 10. The Bertz CT molecular complexity index is 1610. The van der Waals surface area contributed by atoms with Crippen molar-refractivity contribution in [3.63, 3.8) is 0 Å². The fourth-order valence-electron chi connectivity index (χ4n) is 4.50. The van der Waals surface area contributed by atoms with Crippen molar-refractivity contribution in [3.8, 4) is 28.8 Å². The maximum Gasteiger partial charge on any atom is 0.264 e. The largest absolute Gasteiger partial charge is 0.481 e. The van der Waals surface area contributed by atoms with Gasteiger partial charge in [0.15, 0.2) is 5.84 Å². The molecule has 12 heteroatoms. The Kier molecular flexibility index (Phi) is 9.93. The first-order valence-corrected chi connectivity index (χ1v) is 13.4. The van der Waals surface area contributed by atoms with E-state index in [0.717, 1.165) is 29.7 Å². The smallest absolute Gasteiger partial charge is 0.264 e. The number of hydrogen-bond donors (Lipinski definition) is 1. The number of unbranched alkanes of at least 4 members (excludes halogenated alkanes) is 1. The fraction of sp³-hybridized carbons (Fsp3) is 0.300. The summed E-state index contributed by atoms with van der Waals surface area (Å²) in [4.78, 5) is 48.2. The Hall–Kier alpha value is -5.13. The molecular formula is C30H33N7O5. The fourth-order valence-corrected chi connectivity index (χ4v) is 4.50. The van der Waals surface area contributed by atoms with Gasteiger partial charge < -0.3 is 19.6 Å². The molecule has 4 rings (SSSR count). The number of ether oxygens (including phenoxy) is 2. The Morgan fingerprint density at radius 1 is 1.05 bits per heavy atom. The van der Waals surface area contributed by atoms with Gasteiger partial charge in [0, 0.05) is 35.0 Å². The number of amides is 1. The molecular weight excluding hydrogens is 538 g/mol. The van der Waals surface area contributed by atoms with Crippen molar-refractivity contribution in [3.05, 3.63) is 87.4 Å². The summed E-state index contributed by atoms with van der Waals surface area (Å²) in [5.74, 6) is 1.37. The van der Waals surface area contributed by atoms with Crippen LogP contribution < -0.4 is 20.3 Å². The molecule has 0 aliphatic carbocycles. The van der Waals surface area contributed by atoms with E-state index >= 15 is 0 Å². The highest BCUT2D eigenvalue weighted by Crippen LogP contribution is 2.24. The van der Waals surface area contributed by atoms with Crippen molar-refractivity contribution in [1.82, 2.24) is 29.8 Å². The van der Waals surface area contributed by atoms with Gasteiger partial charge in [0.1, 0.15) is 12.9 Å². The number of oxime groups is 1. The van der Waals surface area contributed by atoms with Crippen LogP contribution in [0.15, 0.2) is 58.6 Å². The lowest BCUT2D eigenvalue weighted by Crippen LogP contribution is -2.30. The van der Waals surface area contributed by atoms with Gasteiger partial charge in [-0.1, -0.05) is 48.8 Å². The Morgan fingerprint density at radius 2 is 1.79 bits per heavy atom. The minimum atomic E-state index is -0.277. The molecule has 0 unspecified atom stereocenters. The predicted molar refractivity (Wildman–Crippen MR) is 157 cm³/mol. The molecule has 3 heterocycles. The van der Waals surface area contributed by atoms with Gasteiger partial charge in [-0.2, -0.15) is 9.97 Å². The van der Waals surface area contributed by atoms with E-state index in [0.29, 0.717) is 35.5 Å². The van der Waals surface area contributed by atoms with Crippen LogP contribution >= 0.6 is 0 Å². The molecule has 218 valence electrons. The van der Waals surface area contributed by atoms with Crippen molar-refractivity contribution in [2.45, 2.75) is 39.5 Å². The molecule has 3 aromatic heterocycles. The molecule has 0 radical (unpaired) electrons. The van der Waals surface area contributed by atoms with E-state index in [9.17, 15) is 9.59 Å². The standard InChI is InChI=1S/C30H33N7O5/c1-6-7-12-25-24(29(39)37(19(2)33-25)30-34-26(40-3)16-27(35-30)41-4)15-21-14-13-20(17-31-21)22-10-8-9-11-23(22)28(32-18-38)36-42-5/h8-11,13-14,16-18H,6-7,12,15H2,1-5H3,(H,32,36,38). The lowest BCUT2D eigenvalue weighted by atomic mass is 9.99. The van der Waals surface area contributed by atoms with Gasteiger partial charge >= 0.3 is 0 Å². The quantitative estimate of drug-likeness (QED) is 0.117. The zero-order valence-electron chi connectivity index (χ0n) is 24.2. The number of methoxy groups -OCH3 is 2. The number of carbonyl (C=O) groups is 1. The third-order valence-corrected chi connectivity index (χ3v) is 6.54. The minimum Gasteiger partial charge on any atom is -0.481 e. The van der Waals surface area contributed by atoms with Crippen LogP contribution in [0.4, 0.5) is 0 Å². The average Bonchev–Trinajstić information content (AvgIpc) is 3.01. The SMILES string of the molecule is CCCCc1nc(C)n(-c2nc(OC)cc(OC)n2)c(=O)c1Cc1ccc(-c2ccccc2/C(=N/OC)NC=O)cn1. The topological polar surface area (TPSA) is 143 Å². The van der Waals surface area contributed by atoms with Crippen LogP contribution in [-0.4, -0.2) is 58.1 Å². The zero-order chi connectivity index (χ0) is 30.1. The third kappa shape index (κ3) is 6.60. The van der Waals surface area contributed by atoms with Crippen LogP contribution in [-0.2, 0) is 22.5 Å². The molecule has 1 amide bonds. The molecule has 4 aromatic rings. The van der Waals surface area contributed by atoms with Gasteiger partial charge in [-0.05, 0) is 31.4 Å². The molecule has 0 fully saturated rings. The summed E-state index contributed by atoms with van der Waals surface area (Å²) < 4.78 is 11.9. The van der Waals surface area contributed by atoms with Crippen LogP contribution in [0.3, 0.4) is 0 Å². The number of amidine groups is 1. The molecule has 1 aromatic carbocycles. The van der Waals surface area contributed by atoms with Gasteiger partial charge in [-0.3, -0.25) is 14.6 Å². The Balaban J connectivity index is 1.76. The number of rotatable bonds is 12. The van der Waals surface area contributed by atoms with Crippen molar-refractivity contribution in [2.24, 2.45) is 5.16 Å². The van der Waals surface area contributed by atoms with Crippen molar-refractivity contribution in [2.75, 3.05) is 21.3 Å². The van der Waals surface area contributed by atoms with Crippen molar-refractivity contribution in [1.29, 1.82) is 0 Å². The molecule has 0 aliphatic rings. The first-order valence-electron chi connectivity index (χ1n) is 13.4. The van der Waals surface area contributed by atoms with Crippen LogP contribution in [0, 0.1) is 6.92 Å². The molecule has 0 bridgehead atoms. The summed E-state index contributed by atoms with van der Waals surface area (Å²) in [5.41, 5.74) is 3.92. The minimum absolute atomic E-state index is 0.113. The Labute approximate surface area is 243 Å². The van der Waals surface area contributed by atoms with Crippen LogP contribution in [0.1, 0.15) is 48.1 Å². The van der Waals surface area contributed by atoms with Crippen LogP contribution in [0.25, 0.3) is 17.1 Å². The van der Waals surface area contributed by atoms with E-state index in [1.54, 1.807) is 13.1 Å². The van der Waals surface area contributed by atoms with E-state index in [4.69, 9.17) is 19.3 Å². The lowest BCUT2D eigenvalue weighted by Gasteiger charge is -2.15. The van der Waals surface area contributed by atoms with Gasteiger partial charge in [0.05, 0.1) is 26.0 Å². The monoisotopic (exact) mass is 571 g/mol. The Morgan fingerprint density at radius 3 is 2.40 bits per heavy atom.